The van der Waals surface area contributed by atoms with E-state index in [1.54, 1.807) is 22.7 Å². The lowest BCUT2D eigenvalue weighted by Crippen LogP contribution is -1.96. The maximum absolute atomic E-state index is 11.3. The number of hydrogen-bond acceptors (Lipinski definition) is 2. The minimum atomic E-state index is 0.546. The van der Waals surface area contributed by atoms with E-state index in [4.69, 9.17) is 11.6 Å². The Bertz CT molecular complexity index is 734. The Hall–Kier alpha value is -2.13. The van der Waals surface area contributed by atoms with Crippen LogP contribution < -0.4 is 0 Å². The van der Waals surface area contributed by atoms with E-state index in [0.717, 1.165) is 17.5 Å². The minimum absolute atomic E-state index is 0.546. The quantitative estimate of drug-likeness (QED) is 0.684. The zero-order valence-electron chi connectivity index (χ0n) is 10.1. The van der Waals surface area contributed by atoms with Gasteiger partial charge < -0.3 is 0 Å². The van der Waals surface area contributed by atoms with Gasteiger partial charge in [0.15, 0.2) is 11.9 Å². The van der Waals surface area contributed by atoms with Crippen molar-refractivity contribution in [3.05, 3.63) is 70.6 Å². The van der Waals surface area contributed by atoms with E-state index in [1.165, 1.54) is 0 Å². The molecule has 0 saturated carbocycles. The van der Waals surface area contributed by atoms with E-state index in [-0.39, 0.29) is 0 Å². The highest BCUT2D eigenvalue weighted by atomic mass is 35.5. The third-order valence-electron chi connectivity index (χ3n) is 3.04. The standard InChI is InChI=1S/C15H11ClN2O/c16-12-7-4-8-18-14(10-19)13(17-15(12)18)9-11-5-2-1-3-6-11/h1-8,10H,9H2. The molecule has 0 unspecified atom stereocenters. The maximum atomic E-state index is 11.3. The second-order valence-corrected chi connectivity index (χ2v) is 4.68. The number of imidazole rings is 1. The van der Waals surface area contributed by atoms with Gasteiger partial charge in [-0.25, -0.2) is 4.98 Å². The largest absolute Gasteiger partial charge is 0.296 e. The molecule has 94 valence electrons. The maximum Gasteiger partial charge on any atom is 0.168 e. The molecule has 3 aromatic rings. The van der Waals surface area contributed by atoms with Crippen LogP contribution in [0.2, 0.25) is 5.02 Å². The second kappa shape index (κ2) is 4.86. The van der Waals surface area contributed by atoms with Crippen LogP contribution in [0.25, 0.3) is 5.65 Å². The van der Waals surface area contributed by atoms with Gasteiger partial charge in [-0.1, -0.05) is 41.9 Å². The van der Waals surface area contributed by atoms with E-state index in [1.807, 2.05) is 30.3 Å². The normalized spacial score (nSPS) is 10.8. The molecule has 1 aromatic carbocycles. The molecule has 3 rings (SSSR count). The van der Waals surface area contributed by atoms with E-state index in [0.29, 0.717) is 22.8 Å². The predicted octanol–water partition coefficient (Wildman–Crippen LogP) is 3.39. The number of pyridine rings is 1. The number of fused-ring (bicyclic) bond motifs is 1. The third kappa shape index (κ3) is 2.13. The Morgan fingerprint density at radius 3 is 2.68 bits per heavy atom. The van der Waals surface area contributed by atoms with Crippen molar-refractivity contribution in [3.63, 3.8) is 0 Å². The van der Waals surface area contributed by atoms with Crippen LogP contribution in [0.15, 0.2) is 48.7 Å². The van der Waals surface area contributed by atoms with Gasteiger partial charge in [-0.05, 0) is 17.7 Å². The van der Waals surface area contributed by atoms with Crippen LogP contribution in [0.4, 0.5) is 0 Å². The summed E-state index contributed by atoms with van der Waals surface area (Å²) < 4.78 is 1.73. The molecule has 0 radical (unpaired) electrons. The van der Waals surface area contributed by atoms with Crippen molar-refractivity contribution in [2.24, 2.45) is 0 Å². The molecular weight excluding hydrogens is 260 g/mol. The highest BCUT2D eigenvalue weighted by Crippen LogP contribution is 2.21. The molecular formula is C15H11ClN2O. The first kappa shape index (κ1) is 11.9. The van der Waals surface area contributed by atoms with Crippen molar-refractivity contribution in [1.82, 2.24) is 9.38 Å². The molecule has 3 nitrogen and oxygen atoms in total. The average molecular weight is 271 g/mol. The number of carbonyl (C=O) groups is 1. The molecule has 0 fully saturated rings. The summed E-state index contributed by atoms with van der Waals surface area (Å²) >= 11 is 6.10. The van der Waals surface area contributed by atoms with Crippen LogP contribution in [-0.4, -0.2) is 15.7 Å². The van der Waals surface area contributed by atoms with Crippen molar-refractivity contribution in [1.29, 1.82) is 0 Å². The summed E-state index contributed by atoms with van der Waals surface area (Å²) in [7, 11) is 0. The summed E-state index contributed by atoms with van der Waals surface area (Å²) in [6, 6.07) is 13.5. The Kier molecular flexibility index (Phi) is 3.05. The third-order valence-corrected chi connectivity index (χ3v) is 3.34. The highest BCUT2D eigenvalue weighted by Gasteiger charge is 2.13. The number of halogens is 1. The van der Waals surface area contributed by atoms with Crippen molar-refractivity contribution in [3.8, 4) is 0 Å². The molecule has 0 spiro atoms. The molecule has 2 heterocycles. The van der Waals surface area contributed by atoms with Crippen LogP contribution in [-0.2, 0) is 6.42 Å². The van der Waals surface area contributed by atoms with E-state index in [2.05, 4.69) is 4.98 Å². The summed E-state index contributed by atoms with van der Waals surface area (Å²) in [4.78, 5) is 15.8. The molecule has 19 heavy (non-hydrogen) atoms. The number of hydrogen-bond donors (Lipinski definition) is 0. The smallest absolute Gasteiger partial charge is 0.168 e. The molecule has 0 amide bonds. The Balaban J connectivity index is 2.13. The predicted molar refractivity (Wildman–Crippen MR) is 74.8 cm³/mol. The molecule has 0 bridgehead atoms. The van der Waals surface area contributed by atoms with Crippen molar-refractivity contribution in [2.45, 2.75) is 6.42 Å². The molecule has 0 aliphatic heterocycles. The molecule has 2 aromatic heterocycles. The van der Waals surface area contributed by atoms with E-state index >= 15 is 0 Å². The Morgan fingerprint density at radius 1 is 1.16 bits per heavy atom. The molecule has 0 aliphatic carbocycles. The van der Waals surface area contributed by atoms with Crippen molar-refractivity contribution < 1.29 is 4.79 Å². The number of rotatable bonds is 3. The molecule has 0 atom stereocenters. The van der Waals surface area contributed by atoms with Gasteiger partial charge in [0.25, 0.3) is 0 Å². The molecule has 4 heteroatoms. The number of nitrogens with zero attached hydrogens (tertiary/aromatic N) is 2. The minimum Gasteiger partial charge on any atom is -0.296 e. The fraction of sp³-hybridized carbons (Fsp3) is 0.0667. The number of benzene rings is 1. The zero-order valence-corrected chi connectivity index (χ0v) is 10.8. The fourth-order valence-electron chi connectivity index (χ4n) is 2.14. The number of aldehydes is 1. The zero-order chi connectivity index (χ0) is 13.2. The second-order valence-electron chi connectivity index (χ2n) is 4.27. The summed E-state index contributed by atoms with van der Waals surface area (Å²) in [5, 5.41) is 0.546. The van der Waals surface area contributed by atoms with Crippen molar-refractivity contribution >= 4 is 23.5 Å². The SMILES string of the molecule is O=Cc1c(Cc2ccccc2)nc2c(Cl)cccn12. The van der Waals surface area contributed by atoms with Crippen LogP contribution in [0.1, 0.15) is 21.7 Å². The van der Waals surface area contributed by atoms with Crippen LogP contribution in [0.3, 0.4) is 0 Å². The molecule has 0 N–H and O–H groups in total. The first-order valence-corrected chi connectivity index (χ1v) is 6.32. The first-order chi connectivity index (χ1) is 9.29. The van der Waals surface area contributed by atoms with Gasteiger partial charge in [-0.2, -0.15) is 0 Å². The monoisotopic (exact) mass is 270 g/mol. The van der Waals surface area contributed by atoms with Gasteiger partial charge in [-0.3, -0.25) is 9.20 Å². The van der Waals surface area contributed by atoms with E-state index in [9.17, 15) is 4.79 Å². The summed E-state index contributed by atoms with van der Waals surface area (Å²) in [5.41, 5.74) is 3.04. The molecule has 0 saturated heterocycles. The lowest BCUT2D eigenvalue weighted by Gasteiger charge is -1.99. The Labute approximate surface area is 115 Å². The summed E-state index contributed by atoms with van der Waals surface area (Å²) in [6.45, 7) is 0. The highest BCUT2D eigenvalue weighted by molar-refractivity contribution is 6.33. The first-order valence-electron chi connectivity index (χ1n) is 5.94. The summed E-state index contributed by atoms with van der Waals surface area (Å²) in [6.07, 6.45) is 3.24. The number of aromatic nitrogens is 2. The lowest BCUT2D eigenvalue weighted by atomic mass is 10.1. The van der Waals surface area contributed by atoms with Gasteiger partial charge in [0.1, 0.15) is 5.69 Å². The van der Waals surface area contributed by atoms with E-state index < -0.39 is 0 Å². The molecule has 0 aliphatic rings. The van der Waals surface area contributed by atoms with Crippen LogP contribution in [0, 0.1) is 0 Å². The topological polar surface area (TPSA) is 34.4 Å². The lowest BCUT2D eigenvalue weighted by molar-refractivity contribution is 0.111. The van der Waals surface area contributed by atoms with Crippen LogP contribution >= 0.6 is 11.6 Å². The van der Waals surface area contributed by atoms with Gasteiger partial charge in [-0.15, -0.1) is 0 Å². The van der Waals surface area contributed by atoms with Gasteiger partial charge in [0, 0.05) is 12.6 Å². The average Bonchev–Trinajstić information content (AvgIpc) is 2.79. The van der Waals surface area contributed by atoms with Gasteiger partial charge in [0.2, 0.25) is 0 Å². The Morgan fingerprint density at radius 2 is 1.95 bits per heavy atom. The van der Waals surface area contributed by atoms with Crippen LogP contribution in [0.5, 0.6) is 0 Å². The van der Waals surface area contributed by atoms with Gasteiger partial charge >= 0.3 is 0 Å². The fourth-order valence-corrected chi connectivity index (χ4v) is 2.35. The van der Waals surface area contributed by atoms with Crippen molar-refractivity contribution in [2.75, 3.05) is 0 Å². The summed E-state index contributed by atoms with van der Waals surface area (Å²) in [5.74, 6) is 0. The number of carbonyl (C=O) groups excluding carboxylic acids is 1. The van der Waals surface area contributed by atoms with Gasteiger partial charge in [0.05, 0.1) is 10.7 Å².